The first-order valence-electron chi connectivity index (χ1n) is 5.75. The number of esters is 1. The number of aliphatic hydroxyl groups is 1. The molecule has 0 aliphatic heterocycles. The van der Waals surface area contributed by atoms with Crippen molar-refractivity contribution in [2.75, 3.05) is 0 Å². The van der Waals surface area contributed by atoms with E-state index in [1.807, 2.05) is 0 Å². The van der Waals surface area contributed by atoms with Crippen LogP contribution < -0.4 is 5.73 Å². The van der Waals surface area contributed by atoms with Gasteiger partial charge < -0.3 is 15.6 Å². The third-order valence-electron chi connectivity index (χ3n) is 2.88. The third-order valence-corrected chi connectivity index (χ3v) is 2.88. The first kappa shape index (κ1) is 12.5. The lowest BCUT2D eigenvalue weighted by atomic mass is 10.1. The summed E-state index contributed by atoms with van der Waals surface area (Å²) in [5.74, 6) is -0.475. The van der Waals surface area contributed by atoms with Crippen LogP contribution in [0.15, 0.2) is 0 Å². The van der Waals surface area contributed by atoms with E-state index in [9.17, 15) is 4.79 Å². The molecule has 3 N–H and O–H groups in total. The van der Waals surface area contributed by atoms with E-state index in [4.69, 9.17) is 15.6 Å². The van der Waals surface area contributed by atoms with Gasteiger partial charge in [0, 0.05) is 0 Å². The number of carbonyl (C=O) groups is 1. The van der Waals surface area contributed by atoms with E-state index in [-0.39, 0.29) is 6.10 Å². The van der Waals surface area contributed by atoms with Crippen LogP contribution in [0.4, 0.5) is 0 Å². The summed E-state index contributed by atoms with van der Waals surface area (Å²) in [6.07, 6.45) is 5.68. The average molecular weight is 215 g/mol. The van der Waals surface area contributed by atoms with Crippen LogP contribution in [0, 0.1) is 0 Å². The Kier molecular flexibility index (Phi) is 5.05. The highest BCUT2D eigenvalue weighted by Crippen LogP contribution is 2.20. The van der Waals surface area contributed by atoms with Crippen LogP contribution in [-0.4, -0.2) is 29.3 Å². The van der Waals surface area contributed by atoms with Gasteiger partial charge in [-0.05, 0) is 32.6 Å². The van der Waals surface area contributed by atoms with E-state index in [2.05, 4.69) is 0 Å². The summed E-state index contributed by atoms with van der Waals surface area (Å²) in [5, 5.41) is 9.15. The molecule has 1 aliphatic carbocycles. The number of hydrogen-bond acceptors (Lipinski definition) is 4. The molecule has 0 aromatic heterocycles. The molecule has 0 aromatic carbocycles. The van der Waals surface area contributed by atoms with Crippen LogP contribution in [-0.2, 0) is 9.53 Å². The summed E-state index contributed by atoms with van der Waals surface area (Å²) in [5.41, 5.74) is 5.49. The van der Waals surface area contributed by atoms with Gasteiger partial charge in [-0.15, -0.1) is 0 Å². The predicted octanol–water partition coefficient (Wildman–Crippen LogP) is 0.960. The van der Waals surface area contributed by atoms with Gasteiger partial charge in [-0.3, -0.25) is 4.79 Å². The van der Waals surface area contributed by atoms with E-state index in [1.54, 1.807) is 0 Å². The normalized spacial score (nSPS) is 22.9. The SMILES string of the molecule is C[C@@H](O)[C@H](N)C(=O)OC1CCCCCC1. The molecule has 2 atom stereocenters. The van der Waals surface area contributed by atoms with Crippen molar-refractivity contribution in [2.24, 2.45) is 5.73 Å². The number of carbonyl (C=O) groups excluding carboxylic acids is 1. The summed E-state index contributed by atoms with van der Waals surface area (Å²) in [4.78, 5) is 11.5. The van der Waals surface area contributed by atoms with Crippen LogP contribution in [0.25, 0.3) is 0 Å². The summed E-state index contributed by atoms with van der Waals surface area (Å²) < 4.78 is 5.27. The highest BCUT2D eigenvalue weighted by atomic mass is 16.5. The van der Waals surface area contributed by atoms with Crippen LogP contribution in [0.1, 0.15) is 45.4 Å². The number of ether oxygens (including phenoxy) is 1. The van der Waals surface area contributed by atoms with Gasteiger partial charge in [-0.2, -0.15) is 0 Å². The summed E-state index contributed by atoms with van der Waals surface area (Å²) >= 11 is 0. The molecule has 0 unspecified atom stereocenters. The molecule has 4 heteroatoms. The molecule has 0 spiro atoms. The fraction of sp³-hybridized carbons (Fsp3) is 0.909. The molecule has 4 nitrogen and oxygen atoms in total. The van der Waals surface area contributed by atoms with Crippen LogP contribution in [0.2, 0.25) is 0 Å². The second-order valence-electron chi connectivity index (χ2n) is 4.32. The Morgan fingerprint density at radius 1 is 1.33 bits per heavy atom. The predicted molar refractivity (Wildman–Crippen MR) is 57.2 cm³/mol. The minimum atomic E-state index is -0.909. The molecule has 1 rings (SSSR count). The fourth-order valence-electron chi connectivity index (χ4n) is 1.80. The van der Waals surface area contributed by atoms with Gasteiger partial charge in [0.05, 0.1) is 6.10 Å². The summed E-state index contributed by atoms with van der Waals surface area (Å²) in [7, 11) is 0. The van der Waals surface area contributed by atoms with Crippen molar-refractivity contribution < 1.29 is 14.6 Å². The van der Waals surface area contributed by atoms with Crippen LogP contribution >= 0.6 is 0 Å². The Balaban J connectivity index is 2.35. The second kappa shape index (κ2) is 6.08. The Labute approximate surface area is 90.8 Å². The summed E-state index contributed by atoms with van der Waals surface area (Å²) in [6.45, 7) is 1.50. The standard InChI is InChI=1S/C11H21NO3/c1-8(13)10(12)11(14)15-9-6-4-2-3-5-7-9/h8-10,13H,2-7,12H2,1H3/t8-,10+/m1/s1. The van der Waals surface area contributed by atoms with Gasteiger partial charge in [-0.1, -0.05) is 12.8 Å². The molecule has 1 fully saturated rings. The van der Waals surface area contributed by atoms with Crippen molar-refractivity contribution in [1.29, 1.82) is 0 Å². The van der Waals surface area contributed by atoms with Crippen molar-refractivity contribution in [1.82, 2.24) is 0 Å². The molecule has 0 bridgehead atoms. The van der Waals surface area contributed by atoms with E-state index in [0.717, 1.165) is 25.7 Å². The van der Waals surface area contributed by atoms with Gasteiger partial charge in [0.25, 0.3) is 0 Å². The Morgan fingerprint density at radius 2 is 1.87 bits per heavy atom. The smallest absolute Gasteiger partial charge is 0.325 e. The van der Waals surface area contributed by atoms with Crippen molar-refractivity contribution >= 4 is 5.97 Å². The second-order valence-corrected chi connectivity index (χ2v) is 4.32. The van der Waals surface area contributed by atoms with Crippen molar-refractivity contribution in [3.05, 3.63) is 0 Å². The van der Waals surface area contributed by atoms with Gasteiger partial charge in [0.15, 0.2) is 0 Å². The maximum atomic E-state index is 11.5. The Morgan fingerprint density at radius 3 is 2.33 bits per heavy atom. The lowest BCUT2D eigenvalue weighted by Gasteiger charge is -2.19. The van der Waals surface area contributed by atoms with Crippen LogP contribution in [0.3, 0.4) is 0 Å². The van der Waals surface area contributed by atoms with Gasteiger partial charge in [-0.25, -0.2) is 0 Å². The molecule has 0 saturated heterocycles. The molecular weight excluding hydrogens is 194 g/mol. The first-order valence-corrected chi connectivity index (χ1v) is 5.75. The largest absolute Gasteiger partial charge is 0.461 e. The maximum absolute atomic E-state index is 11.5. The maximum Gasteiger partial charge on any atom is 0.325 e. The zero-order valence-electron chi connectivity index (χ0n) is 9.32. The van der Waals surface area contributed by atoms with E-state index in [1.165, 1.54) is 19.8 Å². The quantitative estimate of drug-likeness (QED) is 0.543. The van der Waals surface area contributed by atoms with Gasteiger partial charge in [0.1, 0.15) is 12.1 Å². The zero-order valence-corrected chi connectivity index (χ0v) is 9.32. The van der Waals surface area contributed by atoms with Crippen LogP contribution in [0.5, 0.6) is 0 Å². The third kappa shape index (κ3) is 4.18. The van der Waals surface area contributed by atoms with E-state index in [0.29, 0.717) is 0 Å². The molecule has 0 heterocycles. The number of rotatable bonds is 3. The number of nitrogens with two attached hydrogens (primary N) is 1. The number of aliphatic hydroxyl groups excluding tert-OH is 1. The lowest BCUT2D eigenvalue weighted by Crippen LogP contribution is -2.42. The molecule has 0 amide bonds. The molecule has 1 aliphatic rings. The average Bonchev–Trinajstić information content (AvgIpc) is 2.45. The summed E-state index contributed by atoms with van der Waals surface area (Å²) in [6, 6.07) is -0.909. The van der Waals surface area contributed by atoms with Gasteiger partial charge in [0.2, 0.25) is 0 Å². The highest BCUT2D eigenvalue weighted by Gasteiger charge is 2.24. The highest BCUT2D eigenvalue weighted by molar-refractivity contribution is 5.76. The van der Waals surface area contributed by atoms with E-state index < -0.39 is 18.1 Å². The molecule has 0 aromatic rings. The molecule has 15 heavy (non-hydrogen) atoms. The van der Waals surface area contributed by atoms with E-state index >= 15 is 0 Å². The molecule has 1 saturated carbocycles. The molecule has 88 valence electrons. The molecular formula is C11H21NO3. The minimum absolute atomic E-state index is 0.00444. The number of hydrogen-bond donors (Lipinski definition) is 2. The fourth-order valence-corrected chi connectivity index (χ4v) is 1.80. The Hall–Kier alpha value is -0.610. The van der Waals surface area contributed by atoms with Crippen molar-refractivity contribution in [2.45, 2.75) is 63.7 Å². The zero-order chi connectivity index (χ0) is 11.3. The first-order chi connectivity index (χ1) is 7.11. The van der Waals surface area contributed by atoms with Gasteiger partial charge >= 0.3 is 5.97 Å². The molecule has 0 radical (unpaired) electrons. The van der Waals surface area contributed by atoms with Crippen molar-refractivity contribution in [3.8, 4) is 0 Å². The monoisotopic (exact) mass is 215 g/mol. The minimum Gasteiger partial charge on any atom is -0.461 e. The topological polar surface area (TPSA) is 72.5 Å². The van der Waals surface area contributed by atoms with Crippen molar-refractivity contribution in [3.63, 3.8) is 0 Å². The lowest BCUT2D eigenvalue weighted by molar-refractivity contribution is -0.153. The Bertz CT molecular complexity index is 198.